The summed E-state index contributed by atoms with van der Waals surface area (Å²) in [5, 5.41) is 0.311. The lowest BCUT2D eigenvalue weighted by Crippen LogP contribution is -2.36. The molecular weight excluding hydrogens is 266 g/mol. The summed E-state index contributed by atoms with van der Waals surface area (Å²) < 4.78 is 5.83. The molecule has 1 fully saturated rings. The third kappa shape index (κ3) is 3.36. The lowest BCUT2D eigenvalue weighted by Gasteiger charge is -2.29. The second-order valence-corrected chi connectivity index (χ2v) is 5.31. The molecule has 1 aromatic rings. The first-order valence-corrected chi connectivity index (χ1v) is 6.67. The van der Waals surface area contributed by atoms with E-state index in [0.717, 1.165) is 25.9 Å². The predicted octanol–water partition coefficient (Wildman–Crippen LogP) is 1.62. The number of nitrogens with zero attached hydrogens (tertiary/aromatic N) is 2. The predicted molar refractivity (Wildman–Crippen MR) is 73.6 cm³/mol. The van der Waals surface area contributed by atoms with Gasteiger partial charge >= 0.3 is 0 Å². The van der Waals surface area contributed by atoms with Gasteiger partial charge in [-0.2, -0.15) is 0 Å². The Morgan fingerprint density at radius 1 is 1.53 bits per heavy atom. The number of carbonyl (C=O) groups excluding carboxylic acids is 1. The van der Waals surface area contributed by atoms with E-state index in [2.05, 4.69) is 16.9 Å². The molecule has 0 bridgehead atoms. The molecule has 1 aromatic heterocycles. The molecule has 2 rings (SSSR count). The van der Waals surface area contributed by atoms with Crippen molar-refractivity contribution in [2.24, 2.45) is 5.73 Å². The number of nitrogens with two attached hydrogens (primary N) is 1. The van der Waals surface area contributed by atoms with Crippen molar-refractivity contribution in [3.8, 4) is 5.88 Å². The quantitative estimate of drug-likeness (QED) is 0.856. The van der Waals surface area contributed by atoms with Crippen LogP contribution in [0.5, 0.6) is 5.88 Å². The Bertz CT molecular complexity index is 485. The summed E-state index contributed by atoms with van der Waals surface area (Å²) in [5.74, 6) is -0.281. The maximum Gasteiger partial charge on any atom is 0.254 e. The van der Waals surface area contributed by atoms with Gasteiger partial charge in [-0.15, -0.1) is 0 Å². The van der Waals surface area contributed by atoms with Gasteiger partial charge in [-0.05, 0) is 38.4 Å². The molecule has 6 heteroatoms. The zero-order valence-electron chi connectivity index (χ0n) is 11.1. The van der Waals surface area contributed by atoms with E-state index < -0.39 is 5.91 Å². The number of likely N-dealkylation sites (tertiary alicyclic amines) is 1. The molecule has 2 N–H and O–H groups in total. The SMILES string of the molecule is Cc1cc(Cl)nc(OC2CCN(C)CC2)c1C(N)=O. The zero-order chi connectivity index (χ0) is 14.0. The molecule has 1 aliphatic heterocycles. The molecule has 1 saturated heterocycles. The van der Waals surface area contributed by atoms with Crippen LogP contribution in [-0.2, 0) is 0 Å². The van der Waals surface area contributed by atoms with Crippen molar-refractivity contribution in [3.05, 3.63) is 22.3 Å². The van der Waals surface area contributed by atoms with Crippen LogP contribution in [0.25, 0.3) is 0 Å². The van der Waals surface area contributed by atoms with E-state index in [9.17, 15) is 4.79 Å². The van der Waals surface area contributed by atoms with Crippen LogP contribution in [-0.4, -0.2) is 42.0 Å². The van der Waals surface area contributed by atoms with Gasteiger partial charge in [0.25, 0.3) is 5.91 Å². The molecule has 104 valence electrons. The molecule has 2 heterocycles. The van der Waals surface area contributed by atoms with Crippen LogP contribution in [0.4, 0.5) is 0 Å². The molecular formula is C13H18ClN3O2. The Morgan fingerprint density at radius 2 is 2.16 bits per heavy atom. The van der Waals surface area contributed by atoms with E-state index in [1.165, 1.54) is 0 Å². The summed E-state index contributed by atoms with van der Waals surface area (Å²) in [5.41, 5.74) is 6.40. The maximum atomic E-state index is 11.5. The number of aromatic nitrogens is 1. The van der Waals surface area contributed by atoms with E-state index >= 15 is 0 Å². The van der Waals surface area contributed by atoms with Gasteiger partial charge in [0.2, 0.25) is 5.88 Å². The average molecular weight is 284 g/mol. The standard InChI is InChI=1S/C13H18ClN3O2/c1-8-7-10(14)16-13(11(8)12(15)18)19-9-3-5-17(2)6-4-9/h7,9H,3-6H2,1-2H3,(H2,15,18). The number of hydrogen-bond donors (Lipinski definition) is 1. The topological polar surface area (TPSA) is 68.4 Å². The fourth-order valence-corrected chi connectivity index (χ4v) is 2.49. The Morgan fingerprint density at radius 3 is 2.74 bits per heavy atom. The highest BCUT2D eigenvalue weighted by Crippen LogP contribution is 2.25. The molecule has 0 saturated carbocycles. The van der Waals surface area contributed by atoms with Gasteiger partial charge in [0, 0.05) is 13.1 Å². The molecule has 0 radical (unpaired) electrons. The summed E-state index contributed by atoms with van der Waals surface area (Å²) in [6.45, 7) is 3.71. The van der Waals surface area contributed by atoms with Crippen LogP contribution >= 0.6 is 11.6 Å². The molecule has 0 aliphatic carbocycles. The summed E-state index contributed by atoms with van der Waals surface area (Å²) in [6, 6.07) is 1.61. The third-order valence-corrected chi connectivity index (χ3v) is 3.54. The molecule has 1 aliphatic rings. The normalized spacial score (nSPS) is 17.4. The van der Waals surface area contributed by atoms with E-state index in [1.54, 1.807) is 13.0 Å². The molecule has 0 aromatic carbocycles. The van der Waals surface area contributed by atoms with Gasteiger partial charge in [0.15, 0.2) is 0 Å². The van der Waals surface area contributed by atoms with Crippen molar-refractivity contribution in [2.45, 2.75) is 25.9 Å². The number of aryl methyl sites for hydroxylation is 1. The van der Waals surface area contributed by atoms with Crippen molar-refractivity contribution in [1.82, 2.24) is 9.88 Å². The minimum absolute atomic E-state index is 0.0552. The Hall–Kier alpha value is -1.33. The maximum absolute atomic E-state index is 11.5. The largest absolute Gasteiger partial charge is 0.474 e. The fourth-order valence-electron chi connectivity index (χ4n) is 2.25. The van der Waals surface area contributed by atoms with Crippen LogP contribution in [0.1, 0.15) is 28.8 Å². The van der Waals surface area contributed by atoms with Crippen LogP contribution in [0, 0.1) is 6.92 Å². The van der Waals surface area contributed by atoms with Crippen LogP contribution < -0.4 is 10.5 Å². The Balaban J connectivity index is 2.21. The second kappa shape index (κ2) is 5.75. The van der Waals surface area contributed by atoms with E-state index in [-0.39, 0.29) is 12.0 Å². The molecule has 0 atom stereocenters. The van der Waals surface area contributed by atoms with Gasteiger partial charge in [0.1, 0.15) is 16.8 Å². The number of halogens is 1. The number of primary amides is 1. The number of carbonyl (C=O) groups is 1. The monoisotopic (exact) mass is 283 g/mol. The molecule has 0 unspecified atom stereocenters. The summed E-state index contributed by atoms with van der Waals surface area (Å²) in [6.07, 6.45) is 1.86. The van der Waals surface area contributed by atoms with Crippen LogP contribution in [0.3, 0.4) is 0 Å². The summed E-state index contributed by atoms with van der Waals surface area (Å²) in [4.78, 5) is 17.8. The van der Waals surface area contributed by atoms with Crippen molar-refractivity contribution < 1.29 is 9.53 Å². The number of amides is 1. The molecule has 0 spiro atoms. The first kappa shape index (κ1) is 14.1. The molecule has 5 nitrogen and oxygen atoms in total. The Kier molecular flexibility index (Phi) is 4.27. The zero-order valence-corrected chi connectivity index (χ0v) is 11.9. The van der Waals surface area contributed by atoms with Gasteiger partial charge in [-0.3, -0.25) is 4.79 Å². The smallest absolute Gasteiger partial charge is 0.254 e. The van der Waals surface area contributed by atoms with Gasteiger partial charge in [-0.1, -0.05) is 11.6 Å². The second-order valence-electron chi connectivity index (χ2n) is 4.93. The van der Waals surface area contributed by atoms with Gasteiger partial charge < -0.3 is 15.4 Å². The van der Waals surface area contributed by atoms with Gasteiger partial charge in [-0.25, -0.2) is 4.98 Å². The van der Waals surface area contributed by atoms with Crippen molar-refractivity contribution >= 4 is 17.5 Å². The highest BCUT2D eigenvalue weighted by Gasteiger charge is 2.22. The van der Waals surface area contributed by atoms with Crippen LogP contribution in [0.15, 0.2) is 6.07 Å². The van der Waals surface area contributed by atoms with Crippen molar-refractivity contribution in [2.75, 3.05) is 20.1 Å². The first-order chi connectivity index (χ1) is 8.97. The first-order valence-electron chi connectivity index (χ1n) is 6.29. The van der Waals surface area contributed by atoms with E-state index in [0.29, 0.717) is 16.3 Å². The minimum atomic E-state index is -0.537. The number of rotatable bonds is 3. The Labute approximate surface area is 117 Å². The number of hydrogen-bond acceptors (Lipinski definition) is 4. The number of ether oxygens (including phenoxy) is 1. The van der Waals surface area contributed by atoms with E-state index in [4.69, 9.17) is 22.1 Å². The molecule has 1 amide bonds. The van der Waals surface area contributed by atoms with Crippen LogP contribution in [0.2, 0.25) is 5.15 Å². The summed E-state index contributed by atoms with van der Waals surface area (Å²) in [7, 11) is 2.08. The number of piperidine rings is 1. The average Bonchev–Trinajstić information content (AvgIpc) is 2.30. The fraction of sp³-hybridized carbons (Fsp3) is 0.538. The van der Waals surface area contributed by atoms with Crippen molar-refractivity contribution in [3.63, 3.8) is 0 Å². The van der Waals surface area contributed by atoms with Gasteiger partial charge in [0.05, 0.1) is 0 Å². The molecule has 19 heavy (non-hydrogen) atoms. The third-order valence-electron chi connectivity index (χ3n) is 3.34. The summed E-state index contributed by atoms with van der Waals surface area (Å²) >= 11 is 5.92. The highest BCUT2D eigenvalue weighted by atomic mass is 35.5. The minimum Gasteiger partial charge on any atom is -0.474 e. The number of pyridine rings is 1. The highest BCUT2D eigenvalue weighted by molar-refractivity contribution is 6.29. The lowest BCUT2D eigenvalue weighted by molar-refractivity contribution is 0.0957. The lowest BCUT2D eigenvalue weighted by atomic mass is 10.1. The van der Waals surface area contributed by atoms with Crippen molar-refractivity contribution in [1.29, 1.82) is 0 Å². The van der Waals surface area contributed by atoms with E-state index in [1.807, 2.05) is 0 Å².